The predicted octanol–water partition coefficient (Wildman–Crippen LogP) is 2.72. The van der Waals surface area contributed by atoms with Gasteiger partial charge in [-0.05, 0) is 39.2 Å². The Morgan fingerprint density at radius 2 is 1.80 bits per heavy atom. The van der Waals surface area contributed by atoms with E-state index < -0.39 is 11.5 Å². The largest absolute Gasteiger partial charge is 0.480 e. The summed E-state index contributed by atoms with van der Waals surface area (Å²) in [4.78, 5) is 25.0. The third-order valence-electron chi connectivity index (χ3n) is 3.59. The minimum Gasteiger partial charge on any atom is -0.480 e. The van der Waals surface area contributed by atoms with Crippen LogP contribution in [0.1, 0.15) is 39.7 Å². The van der Waals surface area contributed by atoms with E-state index >= 15 is 0 Å². The van der Waals surface area contributed by atoms with Gasteiger partial charge in [0, 0.05) is 13.0 Å². The van der Waals surface area contributed by atoms with Crippen molar-refractivity contribution >= 4 is 11.9 Å². The number of carboxylic acids is 1. The number of amides is 1. The Morgan fingerprint density at radius 1 is 1.25 bits per heavy atom. The second-order valence-corrected chi connectivity index (χ2v) is 5.55. The molecule has 1 aromatic rings. The van der Waals surface area contributed by atoms with E-state index in [0.29, 0.717) is 12.8 Å². The molecule has 0 heterocycles. The molecule has 20 heavy (non-hydrogen) atoms. The van der Waals surface area contributed by atoms with Crippen molar-refractivity contribution in [3.63, 3.8) is 0 Å². The van der Waals surface area contributed by atoms with Crippen LogP contribution >= 0.6 is 0 Å². The van der Waals surface area contributed by atoms with E-state index in [1.165, 1.54) is 11.8 Å². The highest BCUT2D eigenvalue weighted by Gasteiger charge is 2.42. The van der Waals surface area contributed by atoms with Gasteiger partial charge in [0.2, 0.25) is 5.91 Å². The summed E-state index contributed by atoms with van der Waals surface area (Å²) in [5.74, 6) is -1.17. The fraction of sp³-hybridized carbons (Fsp3) is 0.500. The fourth-order valence-corrected chi connectivity index (χ4v) is 2.64. The lowest BCUT2D eigenvalue weighted by Gasteiger charge is -2.40. The van der Waals surface area contributed by atoms with E-state index in [4.69, 9.17) is 0 Å². The fourth-order valence-electron chi connectivity index (χ4n) is 2.64. The van der Waals surface area contributed by atoms with Crippen LogP contribution in [0.5, 0.6) is 0 Å². The first-order chi connectivity index (χ1) is 9.29. The van der Waals surface area contributed by atoms with Crippen molar-refractivity contribution in [3.05, 3.63) is 35.9 Å². The lowest BCUT2D eigenvalue weighted by molar-refractivity contribution is -0.160. The van der Waals surface area contributed by atoms with Crippen LogP contribution in [0.4, 0.5) is 0 Å². The van der Waals surface area contributed by atoms with Gasteiger partial charge in [0.25, 0.3) is 0 Å². The van der Waals surface area contributed by atoms with Crippen LogP contribution in [0, 0.1) is 0 Å². The Hall–Kier alpha value is -1.84. The van der Waals surface area contributed by atoms with Crippen molar-refractivity contribution in [2.45, 2.75) is 52.1 Å². The van der Waals surface area contributed by atoms with E-state index in [9.17, 15) is 14.7 Å². The van der Waals surface area contributed by atoms with E-state index in [1.54, 1.807) is 6.92 Å². The molecule has 0 aliphatic carbocycles. The summed E-state index contributed by atoms with van der Waals surface area (Å²) < 4.78 is 0. The molecule has 0 aliphatic rings. The standard InChI is InChI=1S/C16H23NO3/c1-12(2)17(13(3)18)16(4,15(19)20)11-10-14-8-6-5-7-9-14/h5-9,12H,10-11H2,1-4H3,(H,19,20). The summed E-state index contributed by atoms with van der Waals surface area (Å²) in [7, 11) is 0. The van der Waals surface area contributed by atoms with Gasteiger partial charge in [-0.2, -0.15) is 0 Å². The molecule has 110 valence electrons. The summed E-state index contributed by atoms with van der Waals surface area (Å²) in [5, 5.41) is 9.58. The highest BCUT2D eigenvalue weighted by molar-refractivity contribution is 5.86. The maximum Gasteiger partial charge on any atom is 0.329 e. The summed E-state index contributed by atoms with van der Waals surface area (Å²) in [6.07, 6.45) is 1.02. The van der Waals surface area contributed by atoms with E-state index in [2.05, 4.69) is 0 Å². The van der Waals surface area contributed by atoms with Crippen LogP contribution in [0.3, 0.4) is 0 Å². The molecule has 0 aliphatic heterocycles. The molecule has 0 spiro atoms. The Morgan fingerprint density at radius 3 is 2.20 bits per heavy atom. The van der Waals surface area contributed by atoms with Gasteiger partial charge in [-0.3, -0.25) is 4.79 Å². The SMILES string of the molecule is CC(=O)N(C(C)C)C(C)(CCc1ccccc1)C(=O)O. The van der Waals surface area contributed by atoms with E-state index in [0.717, 1.165) is 5.56 Å². The van der Waals surface area contributed by atoms with Crippen molar-refractivity contribution in [3.8, 4) is 0 Å². The van der Waals surface area contributed by atoms with Crippen LogP contribution in [0.2, 0.25) is 0 Å². The number of carbonyl (C=O) groups is 2. The number of aryl methyl sites for hydroxylation is 1. The first-order valence-electron chi connectivity index (χ1n) is 6.86. The molecule has 0 saturated carbocycles. The Labute approximate surface area is 120 Å². The Bertz CT molecular complexity index is 470. The van der Waals surface area contributed by atoms with Crippen LogP contribution in [0.25, 0.3) is 0 Å². The zero-order valence-corrected chi connectivity index (χ0v) is 12.6. The number of nitrogens with zero attached hydrogens (tertiary/aromatic N) is 1. The monoisotopic (exact) mass is 277 g/mol. The molecule has 1 rings (SSSR count). The molecule has 0 fully saturated rings. The molecule has 0 aromatic heterocycles. The minimum atomic E-state index is -1.18. The van der Waals surface area contributed by atoms with Crippen LogP contribution in [0.15, 0.2) is 30.3 Å². The number of rotatable bonds is 6. The van der Waals surface area contributed by atoms with Gasteiger partial charge in [-0.15, -0.1) is 0 Å². The van der Waals surface area contributed by atoms with Crippen LogP contribution < -0.4 is 0 Å². The van der Waals surface area contributed by atoms with E-state index in [-0.39, 0.29) is 11.9 Å². The van der Waals surface area contributed by atoms with Gasteiger partial charge < -0.3 is 10.0 Å². The summed E-state index contributed by atoms with van der Waals surface area (Å²) in [6.45, 7) is 6.72. The topological polar surface area (TPSA) is 57.6 Å². The maximum absolute atomic E-state index is 11.8. The average molecular weight is 277 g/mol. The Balaban J connectivity index is 2.97. The molecule has 0 radical (unpaired) electrons. The van der Waals surface area contributed by atoms with Crippen molar-refractivity contribution in [2.75, 3.05) is 0 Å². The van der Waals surface area contributed by atoms with Gasteiger partial charge in [-0.1, -0.05) is 30.3 Å². The summed E-state index contributed by atoms with van der Waals surface area (Å²) in [5.41, 5.74) is -0.109. The molecule has 4 nitrogen and oxygen atoms in total. The molecule has 4 heteroatoms. The second-order valence-electron chi connectivity index (χ2n) is 5.55. The van der Waals surface area contributed by atoms with Crippen molar-refractivity contribution in [2.24, 2.45) is 0 Å². The number of hydrogen-bond acceptors (Lipinski definition) is 2. The number of hydrogen-bond donors (Lipinski definition) is 1. The molecule has 1 N–H and O–H groups in total. The molecular formula is C16H23NO3. The molecule has 0 bridgehead atoms. The zero-order valence-electron chi connectivity index (χ0n) is 12.6. The van der Waals surface area contributed by atoms with Gasteiger partial charge in [-0.25, -0.2) is 4.79 Å². The van der Waals surface area contributed by atoms with E-state index in [1.807, 2.05) is 44.2 Å². The number of carbonyl (C=O) groups excluding carboxylic acids is 1. The molecular weight excluding hydrogens is 254 g/mol. The summed E-state index contributed by atoms with van der Waals surface area (Å²) in [6, 6.07) is 9.57. The Kier molecular flexibility index (Phi) is 5.31. The third kappa shape index (κ3) is 3.59. The number of carboxylic acid groups (broad SMARTS) is 1. The van der Waals surface area contributed by atoms with Crippen LogP contribution in [-0.4, -0.2) is 33.5 Å². The zero-order chi connectivity index (χ0) is 15.3. The third-order valence-corrected chi connectivity index (χ3v) is 3.59. The maximum atomic E-state index is 11.8. The van der Waals surface area contributed by atoms with Gasteiger partial charge in [0.1, 0.15) is 5.54 Å². The second kappa shape index (κ2) is 6.55. The van der Waals surface area contributed by atoms with Crippen molar-refractivity contribution < 1.29 is 14.7 Å². The molecule has 1 unspecified atom stereocenters. The van der Waals surface area contributed by atoms with Crippen molar-refractivity contribution in [1.29, 1.82) is 0 Å². The minimum absolute atomic E-state index is 0.149. The highest BCUT2D eigenvalue weighted by atomic mass is 16.4. The first kappa shape index (κ1) is 16.2. The average Bonchev–Trinajstić information content (AvgIpc) is 2.36. The number of aliphatic carboxylic acids is 1. The van der Waals surface area contributed by atoms with Gasteiger partial charge in [0.05, 0.1) is 0 Å². The lowest BCUT2D eigenvalue weighted by atomic mass is 9.90. The van der Waals surface area contributed by atoms with Crippen molar-refractivity contribution in [1.82, 2.24) is 4.90 Å². The quantitative estimate of drug-likeness (QED) is 0.869. The van der Waals surface area contributed by atoms with Crippen LogP contribution in [-0.2, 0) is 16.0 Å². The molecule has 1 amide bonds. The van der Waals surface area contributed by atoms with Gasteiger partial charge >= 0.3 is 5.97 Å². The summed E-state index contributed by atoms with van der Waals surface area (Å²) >= 11 is 0. The predicted molar refractivity (Wildman–Crippen MR) is 78.5 cm³/mol. The lowest BCUT2D eigenvalue weighted by Crippen LogP contribution is -2.57. The number of benzene rings is 1. The molecule has 1 atom stereocenters. The molecule has 1 aromatic carbocycles. The highest BCUT2D eigenvalue weighted by Crippen LogP contribution is 2.25. The first-order valence-corrected chi connectivity index (χ1v) is 6.86. The molecule has 0 saturated heterocycles. The van der Waals surface area contributed by atoms with Gasteiger partial charge in [0.15, 0.2) is 0 Å². The normalized spacial score (nSPS) is 13.8. The smallest absolute Gasteiger partial charge is 0.329 e.